The zero-order valence-corrected chi connectivity index (χ0v) is 82.9. The number of nitrogens with one attached hydrogen (secondary N) is 3. The van der Waals surface area contributed by atoms with Crippen molar-refractivity contribution in [3.63, 3.8) is 0 Å². The van der Waals surface area contributed by atoms with E-state index in [2.05, 4.69) is 254 Å². The number of likely N-dealkylation sites (tertiary alicyclic amines) is 2. The van der Waals surface area contributed by atoms with E-state index in [1.165, 1.54) is 87.8 Å². The lowest BCUT2D eigenvalue weighted by Gasteiger charge is -2.36. The molecule has 0 saturated carbocycles. The van der Waals surface area contributed by atoms with Crippen molar-refractivity contribution in [2.24, 2.45) is 0 Å². The predicted molar refractivity (Wildman–Crippen MR) is 552 cm³/mol. The van der Waals surface area contributed by atoms with Crippen molar-refractivity contribution in [2.45, 2.75) is 175 Å². The van der Waals surface area contributed by atoms with Gasteiger partial charge in [0.15, 0.2) is 23.3 Å². The molecule has 8 aromatic heterocycles. The summed E-state index contributed by atoms with van der Waals surface area (Å²) in [6, 6.07) is 57.6. The summed E-state index contributed by atoms with van der Waals surface area (Å²) in [6.45, 7) is 51.3. The maximum Gasteiger partial charge on any atom is 0.162 e. The molecule has 1 unspecified atom stereocenters. The number of rotatable bonds is 26. The number of anilines is 7. The Hall–Kier alpha value is -12.9. The average molecular weight is 1860 g/mol. The Morgan fingerprint density at radius 1 is 0.397 bits per heavy atom. The first-order valence-electron chi connectivity index (χ1n) is 48.5. The van der Waals surface area contributed by atoms with Crippen LogP contribution in [0.2, 0.25) is 5.02 Å². The Labute approximate surface area is 804 Å². The van der Waals surface area contributed by atoms with Crippen molar-refractivity contribution in [3.05, 3.63) is 255 Å². The molecule has 4 aliphatic heterocycles. The second-order valence-corrected chi connectivity index (χ2v) is 36.3. The van der Waals surface area contributed by atoms with Crippen molar-refractivity contribution in [1.29, 1.82) is 0 Å². The lowest BCUT2D eigenvalue weighted by atomic mass is 10.0. The summed E-state index contributed by atoms with van der Waals surface area (Å²) in [5, 5.41) is 57.1. The van der Waals surface area contributed by atoms with Gasteiger partial charge in [-0.2, -0.15) is 20.4 Å². The van der Waals surface area contributed by atoms with Gasteiger partial charge in [-0.25, -0.2) is 4.39 Å². The fraction of sp³-hybridized carbons (Fsp3) is 0.394. The molecule has 0 spiro atoms. The lowest BCUT2D eigenvalue weighted by Crippen LogP contribution is -2.47. The van der Waals surface area contributed by atoms with Gasteiger partial charge in [-0.05, 0) is 301 Å². The van der Waals surface area contributed by atoms with Gasteiger partial charge in [-0.15, -0.1) is 20.4 Å². The second-order valence-electron chi connectivity index (χ2n) is 35.9. The molecular weight excluding hydrogens is 1720 g/mol. The summed E-state index contributed by atoms with van der Waals surface area (Å²) in [5.74, 6) is 6.76. The number of morpholine rings is 1. The number of benzene rings is 7. The third-order valence-corrected chi connectivity index (χ3v) is 27.4. The first kappa shape index (κ1) is 96.2. The number of halogens is 2. The summed E-state index contributed by atoms with van der Waals surface area (Å²) in [6.07, 6.45) is 7.34. The molecule has 4 fully saturated rings. The molecule has 1 atom stereocenters. The van der Waals surface area contributed by atoms with Crippen LogP contribution in [0.4, 0.5) is 44.7 Å². The first-order valence-corrected chi connectivity index (χ1v) is 48.9. The molecule has 0 amide bonds. The number of hydrogen-bond donors (Lipinski definition) is 3. The number of nitrogens with zero attached hydrogens (tertiary/aromatic N) is 17. The zero-order valence-electron chi connectivity index (χ0n) is 82.2. The molecule has 4 aliphatic rings. The largest absolute Gasteiger partial charge is 0.494 e. The Morgan fingerprint density at radius 3 is 1.27 bits per heavy atom. The van der Waals surface area contributed by atoms with Gasteiger partial charge < -0.3 is 77.5 Å². The fourth-order valence-corrected chi connectivity index (χ4v) is 20.8. The Kier molecular flexibility index (Phi) is 31.0. The highest BCUT2D eigenvalue weighted by Gasteiger charge is 2.30. The number of ether oxygens (including phenoxy) is 5. The van der Waals surface area contributed by atoms with Crippen molar-refractivity contribution < 1.29 is 28.1 Å². The highest BCUT2D eigenvalue weighted by atomic mass is 35.5. The summed E-state index contributed by atoms with van der Waals surface area (Å²) in [7, 11) is 0. The predicted octanol–water partition coefficient (Wildman–Crippen LogP) is 22.4. The molecule has 4 saturated heterocycles. The maximum absolute atomic E-state index is 13.3. The molecule has 0 bridgehead atoms. The van der Waals surface area contributed by atoms with Crippen LogP contribution in [0.3, 0.4) is 0 Å². The minimum Gasteiger partial charge on any atom is -0.494 e. The first-order chi connectivity index (χ1) is 66.0. The molecule has 15 aromatic rings. The van der Waals surface area contributed by atoms with Crippen LogP contribution >= 0.6 is 11.6 Å². The SMILES string of the molecule is CCOc1ccc(-n2c(C)c3c(C)nnc(N4CCN(c5ccc(F)cc5)CC4)c3c2C)cc1.CCOc1ccc(-n2c(C)c3c(C)nnc(NC4CCN(Cc5ccccc5)CC4)c3c2C)cc1.CCOc1ccc(-n2c(C)c3c(C)nnc(NCCCN4CCCCC4C)c3c2C)cc1.CCOc1ccc(-n2c(C)c3c(C)nnc(Nc4ccc(N5CCOCC5)c(Cl)c4)c3c2C)cc1. The highest BCUT2D eigenvalue weighted by molar-refractivity contribution is 6.33. The van der Waals surface area contributed by atoms with Crippen LogP contribution in [0.5, 0.6) is 23.0 Å². The Morgan fingerprint density at radius 2 is 0.809 bits per heavy atom. The van der Waals surface area contributed by atoms with Gasteiger partial charge in [-0.3, -0.25) is 4.90 Å². The van der Waals surface area contributed by atoms with E-state index < -0.39 is 0 Å². The molecule has 19 rings (SSSR count). The van der Waals surface area contributed by atoms with E-state index in [0.717, 1.165) is 252 Å². The molecule has 27 heteroatoms. The van der Waals surface area contributed by atoms with Crippen LogP contribution in [0.1, 0.15) is 147 Å². The number of fused-ring (bicyclic) bond motifs is 4. The normalized spacial score (nSPS) is 15.0. The van der Waals surface area contributed by atoms with E-state index in [0.29, 0.717) is 49.4 Å². The lowest BCUT2D eigenvalue weighted by molar-refractivity contribution is 0.122. The van der Waals surface area contributed by atoms with Gasteiger partial charge in [0.2, 0.25) is 0 Å². The van der Waals surface area contributed by atoms with E-state index >= 15 is 0 Å². The summed E-state index contributed by atoms with van der Waals surface area (Å²) < 4.78 is 50.4. The molecule has 136 heavy (non-hydrogen) atoms. The number of hydrogen-bond acceptors (Lipinski definition) is 21. The number of piperazine rings is 1. The molecule has 25 nitrogen and oxygen atoms in total. The van der Waals surface area contributed by atoms with Gasteiger partial charge in [0.05, 0.1) is 73.1 Å². The monoisotopic (exact) mass is 1860 g/mol. The number of aromatic nitrogens is 12. The Bertz CT molecular complexity index is 6600. The summed E-state index contributed by atoms with van der Waals surface area (Å²) in [5.41, 5.74) is 21.8. The number of piperidine rings is 2. The van der Waals surface area contributed by atoms with Crippen LogP contribution in [-0.2, 0) is 11.3 Å². The quantitative estimate of drug-likeness (QED) is 0.0429. The topological polar surface area (TPSA) is 221 Å². The minimum absolute atomic E-state index is 0.206. The van der Waals surface area contributed by atoms with Crippen LogP contribution in [0, 0.1) is 88.9 Å². The summed E-state index contributed by atoms with van der Waals surface area (Å²) >= 11 is 6.68. The van der Waals surface area contributed by atoms with E-state index in [4.69, 9.17) is 35.3 Å². The standard InChI is InChI=1S/C29H35N5O.C27H30ClN5O2.C27H30FN5O.C26H37N5O/c1-5-35-26-13-11-25(12-14-26)34-21(3)27-20(2)31-32-29(28(27)22(34)4)30-24-15-17-33(18-16-24)19-23-9-7-6-8-10-23;1-5-35-22-9-7-21(8-10-22)33-18(3)25-17(2)30-31-27(26(25)19(33)4)29-20-6-11-24(23(28)16-20)32-12-14-34-15-13-32;1-5-34-24-12-10-23(11-13-24)33-19(3)25-18(2)29-30-27(26(25)20(33)4)32-16-14-31(15-17-32)22-8-6-21(28)7-9-22;1-6-32-23-13-11-22(12-14-23)31-20(4)24-19(3)28-29-26(25(24)21(31)5)27-15-9-17-30-16-8-7-10-18(30)2/h6-14,24H,5,15-19H2,1-4H3,(H,30,32);6-11,16H,5,12-15H2,1-4H3,(H,29,31);6-13H,5,14-17H2,1-4H3;11-14,18H,6-10,15-17H2,1-5H3,(H,27,29). The highest BCUT2D eigenvalue weighted by Crippen LogP contribution is 2.42. The van der Waals surface area contributed by atoms with Gasteiger partial charge in [0.25, 0.3) is 0 Å². The van der Waals surface area contributed by atoms with Crippen LogP contribution in [-0.4, -0.2) is 193 Å². The van der Waals surface area contributed by atoms with Gasteiger partial charge in [0.1, 0.15) is 28.8 Å². The van der Waals surface area contributed by atoms with Crippen molar-refractivity contribution in [3.8, 4) is 45.7 Å². The smallest absolute Gasteiger partial charge is 0.162 e. The number of aryl methyl sites for hydroxylation is 12. The van der Waals surface area contributed by atoms with E-state index in [9.17, 15) is 4.39 Å². The van der Waals surface area contributed by atoms with Gasteiger partial charge >= 0.3 is 0 Å². The second kappa shape index (κ2) is 43.9. The fourth-order valence-electron chi connectivity index (χ4n) is 20.5. The molecular formula is C109H132ClFN20O5. The molecule has 7 aromatic carbocycles. The minimum atomic E-state index is -0.206. The maximum atomic E-state index is 13.3. The van der Waals surface area contributed by atoms with Crippen molar-refractivity contribution >= 4 is 95.0 Å². The van der Waals surface area contributed by atoms with Crippen LogP contribution in [0.15, 0.2) is 170 Å². The van der Waals surface area contributed by atoms with Crippen molar-refractivity contribution in [1.82, 2.24) is 68.9 Å². The molecule has 712 valence electrons. The van der Waals surface area contributed by atoms with E-state index in [1.54, 1.807) is 0 Å². The molecule has 0 aliphatic carbocycles. The van der Waals surface area contributed by atoms with Gasteiger partial charge in [-0.1, -0.05) is 48.4 Å². The van der Waals surface area contributed by atoms with Crippen LogP contribution < -0.4 is 49.6 Å². The summed E-state index contributed by atoms with van der Waals surface area (Å²) in [4.78, 5) is 12.0. The Balaban J connectivity index is 0.000000132. The molecule has 12 heterocycles. The van der Waals surface area contributed by atoms with Gasteiger partial charge in [0, 0.05) is 207 Å². The third kappa shape index (κ3) is 21.1. The van der Waals surface area contributed by atoms with Crippen LogP contribution in [0.25, 0.3) is 65.8 Å². The van der Waals surface area contributed by atoms with E-state index in [1.807, 2.05) is 121 Å². The molecule has 3 N–H and O–H groups in total. The zero-order chi connectivity index (χ0) is 95.4. The van der Waals surface area contributed by atoms with Crippen molar-refractivity contribution in [2.75, 3.05) is 142 Å². The van der Waals surface area contributed by atoms with E-state index in [-0.39, 0.29) is 5.82 Å². The molecule has 0 radical (unpaired) electrons. The average Bonchev–Trinajstić information content (AvgIpc) is 1.60. The third-order valence-electron chi connectivity index (χ3n) is 27.1.